The summed E-state index contributed by atoms with van der Waals surface area (Å²) in [5, 5.41) is 0. The van der Waals surface area contributed by atoms with E-state index in [9.17, 15) is 0 Å². The minimum atomic E-state index is 0.403. The lowest BCUT2D eigenvalue weighted by Crippen LogP contribution is -2.46. The van der Waals surface area contributed by atoms with Gasteiger partial charge in [-0.05, 0) is 62.1 Å². The summed E-state index contributed by atoms with van der Waals surface area (Å²) in [6, 6.07) is 9.74. The highest BCUT2D eigenvalue weighted by Crippen LogP contribution is 2.30. The van der Waals surface area contributed by atoms with Gasteiger partial charge in [-0.3, -0.25) is 0 Å². The quantitative estimate of drug-likeness (QED) is 0.839. The molecule has 3 heteroatoms. The highest BCUT2D eigenvalue weighted by molar-refractivity contribution is 5.30. The zero-order chi connectivity index (χ0) is 15.5. The Balaban J connectivity index is 1.27. The lowest BCUT2D eigenvalue weighted by molar-refractivity contribution is 0.0493. The van der Waals surface area contributed by atoms with Gasteiger partial charge in [0.15, 0.2) is 0 Å². The standard InChI is InChI=1S/C20H29NO2/c1-2-18(3-1)21-12-8-20(9-13-21)23-19-6-4-16(5-7-19)17-10-14-22-15-11-17/h4-7,17-18,20H,1-3,8-15H2. The number of likely N-dealkylation sites (tertiary alicyclic amines) is 1. The second-order valence-corrected chi connectivity index (χ2v) is 7.39. The summed E-state index contributed by atoms with van der Waals surface area (Å²) in [5.74, 6) is 1.71. The minimum absolute atomic E-state index is 0.403. The molecule has 3 fully saturated rings. The van der Waals surface area contributed by atoms with Crippen molar-refractivity contribution in [2.45, 2.75) is 63.0 Å². The monoisotopic (exact) mass is 315 g/mol. The van der Waals surface area contributed by atoms with Crippen molar-refractivity contribution in [1.82, 2.24) is 4.90 Å². The zero-order valence-electron chi connectivity index (χ0n) is 14.1. The molecule has 0 spiro atoms. The third-order valence-electron chi connectivity index (χ3n) is 5.94. The summed E-state index contributed by atoms with van der Waals surface area (Å²) in [6.07, 6.45) is 9.33. The third kappa shape index (κ3) is 3.72. The topological polar surface area (TPSA) is 21.7 Å². The lowest BCUT2D eigenvalue weighted by Gasteiger charge is -2.41. The first-order valence-electron chi connectivity index (χ1n) is 9.47. The predicted octanol–water partition coefficient (Wildman–Crippen LogP) is 3.98. The van der Waals surface area contributed by atoms with Gasteiger partial charge in [0.2, 0.25) is 0 Å². The van der Waals surface area contributed by atoms with E-state index >= 15 is 0 Å². The molecule has 0 N–H and O–H groups in total. The molecular formula is C20H29NO2. The molecule has 0 amide bonds. The molecule has 3 nitrogen and oxygen atoms in total. The summed E-state index contributed by atoms with van der Waals surface area (Å²) in [7, 11) is 0. The first-order valence-corrected chi connectivity index (χ1v) is 9.47. The molecule has 23 heavy (non-hydrogen) atoms. The Morgan fingerprint density at radius 1 is 0.870 bits per heavy atom. The van der Waals surface area contributed by atoms with Crippen LogP contribution in [-0.2, 0) is 4.74 Å². The summed E-state index contributed by atoms with van der Waals surface area (Å²) >= 11 is 0. The fourth-order valence-electron chi connectivity index (χ4n) is 4.15. The molecule has 2 aliphatic heterocycles. The number of hydrogen-bond donors (Lipinski definition) is 0. The summed E-state index contributed by atoms with van der Waals surface area (Å²) in [5.41, 5.74) is 1.44. The van der Waals surface area contributed by atoms with Gasteiger partial charge in [0.1, 0.15) is 11.9 Å². The van der Waals surface area contributed by atoms with E-state index in [-0.39, 0.29) is 0 Å². The first-order chi connectivity index (χ1) is 11.4. The van der Waals surface area contributed by atoms with Gasteiger partial charge in [-0.1, -0.05) is 18.6 Å². The van der Waals surface area contributed by atoms with Crippen molar-refractivity contribution in [2.24, 2.45) is 0 Å². The third-order valence-corrected chi connectivity index (χ3v) is 5.94. The summed E-state index contributed by atoms with van der Waals surface area (Å²) in [6.45, 7) is 4.25. The van der Waals surface area contributed by atoms with Crippen molar-refractivity contribution >= 4 is 0 Å². The van der Waals surface area contributed by atoms with Crippen molar-refractivity contribution in [3.8, 4) is 5.75 Å². The molecule has 0 radical (unpaired) electrons. The zero-order valence-corrected chi connectivity index (χ0v) is 14.1. The number of rotatable bonds is 4. The molecule has 1 saturated carbocycles. The van der Waals surface area contributed by atoms with Crippen LogP contribution in [0.3, 0.4) is 0 Å². The number of hydrogen-bond acceptors (Lipinski definition) is 3. The second-order valence-electron chi connectivity index (χ2n) is 7.39. The Hall–Kier alpha value is -1.06. The van der Waals surface area contributed by atoms with Crippen LogP contribution in [-0.4, -0.2) is 43.3 Å². The molecule has 2 saturated heterocycles. The van der Waals surface area contributed by atoms with Crippen LogP contribution in [0, 0.1) is 0 Å². The van der Waals surface area contributed by atoms with Crippen LogP contribution in [0.5, 0.6) is 5.75 Å². The Kier molecular flexibility index (Phi) is 4.86. The van der Waals surface area contributed by atoms with E-state index in [4.69, 9.17) is 9.47 Å². The maximum absolute atomic E-state index is 6.23. The fourth-order valence-corrected chi connectivity index (χ4v) is 4.15. The molecular weight excluding hydrogens is 286 g/mol. The van der Waals surface area contributed by atoms with E-state index < -0.39 is 0 Å². The molecule has 1 aliphatic carbocycles. The fraction of sp³-hybridized carbons (Fsp3) is 0.700. The smallest absolute Gasteiger partial charge is 0.119 e. The molecule has 1 aromatic rings. The molecule has 1 aromatic carbocycles. The van der Waals surface area contributed by atoms with Crippen LogP contribution in [0.25, 0.3) is 0 Å². The number of ether oxygens (including phenoxy) is 2. The maximum atomic E-state index is 6.23. The predicted molar refractivity (Wildman–Crippen MR) is 92.1 cm³/mol. The molecule has 0 aromatic heterocycles. The minimum Gasteiger partial charge on any atom is -0.490 e. The molecule has 4 rings (SSSR count). The van der Waals surface area contributed by atoms with Crippen molar-refractivity contribution in [2.75, 3.05) is 26.3 Å². The average molecular weight is 315 g/mol. The van der Waals surface area contributed by atoms with E-state index in [1.54, 1.807) is 0 Å². The van der Waals surface area contributed by atoms with Gasteiger partial charge in [0, 0.05) is 32.3 Å². The Bertz CT molecular complexity index is 483. The lowest BCUT2D eigenvalue weighted by atomic mass is 9.89. The largest absolute Gasteiger partial charge is 0.490 e. The number of nitrogens with zero attached hydrogens (tertiary/aromatic N) is 1. The van der Waals surface area contributed by atoms with Gasteiger partial charge in [0.05, 0.1) is 0 Å². The Morgan fingerprint density at radius 2 is 1.57 bits per heavy atom. The van der Waals surface area contributed by atoms with Gasteiger partial charge in [0.25, 0.3) is 0 Å². The first kappa shape index (κ1) is 15.5. The van der Waals surface area contributed by atoms with Gasteiger partial charge in [-0.15, -0.1) is 0 Å². The van der Waals surface area contributed by atoms with Gasteiger partial charge in [-0.2, -0.15) is 0 Å². The number of benzene rings is 1. The van der Waals surface area contributed by atoms with E-state index in [2.05, 4.69) is 29.2 Å². The molecule has 3 aliphatic rings. The second kappa shape index (κ2) is 7.23. The van der Waals surface area contributed by atoms with E-state index in [1.807, 2.05) is 0 Å². The van der Waals surface area contributed by atoms with Crippen LogP contribution >= 0.6 is 0 Å². The van der Waals surface area contributed by atoms with E-state index in [1.165, 1.54) is 50.8 Å². The number of piperidine rings is 1. The molecule has 0 bridgehead atoms. The SMILES string of the molecule is c1cc(C2CCOCC2)ccc1OC1CCN(C2CCC2)CC1. The van der Waals surface area contributed by atoms with Gasteiger partial charge in [-0.25, -0.2) is 0 Å². The van der Waals surface area contributed by atoms with Crippen molar-refractivity contribution in [1.29, 1.82) is 0 Å². The molecule has 0 unspecified atom stereocenters. The normalized spacial score (nSPS) is 25.2. The van der Waals surface area contributed by atoms with Crippen LogP contribution in [0.1, 0.15) is 56.4 Å². The van der Waals surface area contributed by atoms with Gasteiger partial charge < -0.3 is 14.4 Å². The van der Waals surface area contributed by atoms with Crippen molar-refractivity contribution in [3.05, 3.63) is 29.8 Å². The highest BCUT2D eigenvalue weighted by Gasteiger charge is 2.29. The van der Waals surface area contributed by atoms with E-state index in [0.717, 1.165) is 37.8 Å². The van der Waals surface area contributed by atoms with Crippen molar-refractivity contribution < 1.29 is 9.47 Å². The molecule has 126 valence electrons. The highest BCUT2D eigenvalue weighted by atomic mass is 16.5. The van der Waals surface area contributed by atoms with Crippen LogP contribution in [0.2, 0.25) is 0 Å². The van der Waals surface area contributed by atoms with Crippen LogP contribution < -0.4 is 4.74 Å². The van der Waals surface area contributed by atoms with Crippen molar-refractivity contribution in [3.63, 3.8) is 0 Å². The van der Waals surface area contributed by atoms with Crippen LogP contribution in [0.15, 0.2) is 24.3 Å². The Morgan fingerprint density at radius 3 is 2.17 bits per heavy atom. The van der Waals surface area contributed by atoms with E-state index in [0.29, 0.717) is 12.0 Å². The summed E-state index contributed by atoms with van der Waals surface area (Å²) < 4.78 is 11.7. The molecule has 2 heterocycles. The maximum Gasteiger partial charge on any atom is 0.119 e. The summed E-state index contributed by atoms with van der Waals surface area (Å²) in [4.78, 5) is 2.68. The Labute approximate surface area is 140 Å². The molecule has 0 atom stereocenters. The van der Waals surface area contributed by atoms with Crippen LogP contribution in [0.4, 0.5) is 0 Å². The van der Waals surface area contributed by atoms with Gasteiger partial charge >= 0.3 is 0 Å². The average Bonchev–Trinajstić information content (AvgIpc) is 2.57.